The first-order valence-corrected chi connectivity index (χ1v) is 6.55. The Morgan fingerprint density at radius 3 is 2.76 bits per heavy atom. The second-order valence-electron chi connectivity index (χ2n) is 4.03. The molecule has 0 spiro atoms. The van der Waals surface area contributed by atoms with Crippen LogP contribution in [-0.2, 0) is 13.1 Å². The van der Waals surface area contributed by atoms with Gasteiger partial charge in [-0.15, -0.1) is 11.3 Å². The molecule has 0 aliphatic rings. The molecule has 4 nitrogen and oxygen atoms in total. The van der Waals surface area contributed by atoms with Gasteiger partial charge in [0.15, 0.2) is 0 Å². The standard InChI is InChI=1S/C12H18N4S/c1-4-16-12(11(13)9(3)15-16)14-7-10-6-5-8(2)17-10/h5-6,14H,4,7,13H2,1-3H3. The summed E-state index contributed by atoms with van der Waals surface area (Å²) in [7, 11) is 0. The van der Waals surface area contributed by atoms with Gasteiger partial charge in [0.2, 0.25) is 0 Å². The molecule has 0 unspecified atom stereocenters. The molecule has 0 radical (unpaired) electrons. The first-order chi connectivity index (χ1) is 8.11. The molecule has 0 saturated carbocycles. The Labute approximate surface area is 105 Å². The van der Waals surface area contributed by atoms with Crippen molar-refractivity contribution in [2.75, 3.05) is 11.1 Å². The number of hydrogen-bond donors (Lipinski definition) is 2. The van der Waals surface area contributed by atoms with E-state index >= 15 is 0 Å². The summed E-state index contributed by atoms with van der Waals surface area (Å²) in [6, 6.07) is 4.27. The van der Waals surface area contributed by atoms with Crippen LogP contribution in [0.2, 0.25) is 0 Å². The number of hydrogen-bond acceptors (Lipinski definition) is 4. The third-order valence-electron chi connectivity index (χ3n) is 2.70. The van der Waals surface area contributed by atoms with Crippen molar-refractivity contribution in [1.29, 1.82) is 0 Å². The zero-order valence-electron chi connectivity index (χ0n) is 10.4. The quantitative estimate of drug-likeness (QED) is 0.877. The molecule has 0 saturated heterocycles. The van der Waals surface area contributed by atoms with Gasteiger partial charge in [-0.25, -0.2) is 4.68 Å². The number of aryl methyl sites for hydroxylation is 3. The summed E-state index contributed by atoms with van der Waals surface area (Å²) in [5, 5.41) is 7.75. The maximum absolute atomic E-state index is 6.01. The monoisotopic (exact) mass is 250 g/mol. The number of thiophene rings is 1. The van der Waals surface area contributed by atoms with Crippen LogP contribution in [0.15, 0.2) is 12.1 Å². The molecule has 0 aliphatic carbocycles. The highest BCUT2D eigenvalue weighted by Crippen LogP contribution is 2.24. The van der Waals surface area contributed by atoms with Crippen molar-refractivity contribution in [3.63, 3.8) is 0 Å². The van der Waals surface area contributed by atoms with Crippen LogP contribution in [0.25, 0.3) is 0 Å². The van der Waals surface area contributed by atoms with E-state index in [1.165, 1.54) is 9.75 Å². The number of nitrogens with zero attached hydrogens (tertiary/aromatic N) is 2. The van der Waals surface area contributed by atoms with Crippen molar-refractivity contribution >= 4 is 22.8 Å². The van der Waals surface area contributed by atoms with Crippen LogP contribution in [0.3, 0.4) is 0 Å². The molecule has 2 aromatic rings. The normalized spacial score (nSPS) is 10.8. The number of aromatic nitrogens is 2. The van der Waals surface area contributed by atoms with Gasteiger partial charge in [0.05, 0.1) is 17.9 Å². The second-order valence-corrected chi connectivity index (χ2v) is 5.40. The summed E-state index contributed by atoms with van der Waals surface area (Å²) in [4.78, 5) is 2.64. The summed E-state index contributed by atoms with van der Waals surface area (Å²) in [6.07, 6.45) is 0. The molecule has 0 bridgehead atoms. The fourth-order valence-corrected chi connectivity index (χ4v) is 2.59. The van der Waals surface area contributed by atoms with E-state index in [0.29, 0.717) is 0 Å². The summed E-state index contributed by atoms with van der Waals surface area (Å²) in [5.74, 6) is 0.927. The van der Waals surface area contributed by atoms with E-state index in [0.717, 1.165) is 30.3 Å². The predicted octanol–water partition coefficient (Wildman–Crippen LogP) is 2.78. The first kappa shape index (κ1) is 12.0. The minimum absolute atomic E-state index is 0.750. The second kappa shape index (κ2) is 4.79. The molecule has 92 valence electrons. The Morgan fingerprint density at radius 1 is 1.41 bits per heavy atom. The minimum Gasteiger partial charge on any atom is -0.394 e. The molecule has 17 heavy (non-hydrogen) atoms. The average molecular weight is 250 g/mol. The van der Waals surface area contributed by atoms with Gasteiger partial charge in [-0.05, 0) is 32.9 Å². The van der Waals surface area contributed by atoms with Crippen LogP contribution in [0.1, 0.15) is 22.4 Å². The highest BCUT2D eigenvalue weighted by atomic mass is 32.1. The number of nitrogens with one attached hydrogen (secondary N) is 1. The fraction of sp³-hybridized carbons (Fsp3) is 0.417. The lowest BCUT2D eigenvalue weighted by Gasteiger charge is -2.07. The van der Waals surface area contributed by atoms with E-state index in [1.807, 2.05) is 11.6 Å². The SMILES string of the molecule is CCn1nc(C)c(N)c1NCc1ccc(C)s1. The molecule has 5 heteroatoms. The Kier molecular flexibility index (Phi) is 3.38. The third-order valence-corrected chi connectivity index (χ3v) is 3.70. The van der Waals surface area contributed by atoms with Crippen molar-refractivity contribution in [3.05, 3.63) is 27.6 Å². The van der Waals surface area contributed by atoms with Gasteiger partial charge in [-0.2, -0.15) is 5.10 Å². The molecule has 2 aromatic heterocycles. The topological polar surface area (TPSA) is 55.9 Å². The number of rotatable bonds is 4. The molecule has 0 aliphatic heterocycles. The highest BCUT2D eigenvalue weighted by molar-refractivity contribution is 7.11. The van der Waals surface area contributed by atoms with Crippen molar-refractivity contribution in [1.82, 2.24) is 9.78 Å². The van der Waals surface area contributed by atoms with Gasteiger partial charge in [-0.1, -0.05) is 0 Å². The molecule has 0 fully saturated rings. The molecule has 0 amide bonds. The summed E-state index contributed by atoms with van der Waals surface area (Å²) >= 11 is 1.80. The summed E-state index contributed by atoms with van der Waals surface area (Å²) in [5.41, 5.74) is 7.64. The maximum Gasteiger partial charge on any atom is 0.148 e. The number of nitrogens with two attached hydrogens (primary N) is 1. The predicted molar refractivity (Wildman–Crippen MR) is 73.4 cm³/mol. The number of nitrogen functional groups attached to an aromatic ring is 1. The fourth-order valence-electron chi connectivity index (χ4n) is 1.76. The Hall–Kier alpha value is -1.49. The largest absolute Gasteiger partial charge is 0.394 e. The van der Waals surface area contributed by atoms with Crippen molar-refractivity contribution < 1.29 is 0 Å². The van der Waals surface area contributed by atoms with Crippen LogP contribution in [-0.4, -0.2) is 9.78 Å². The molecular weight excluding hydrogens is 232 g/mol. The van der Waals surface area contributed by atoms with Gasteiger partial charge < -0.3 is 11.1 Å². The highest BCUT2D eigenvalue weighted by Gasteiger charge is 2.10. The molecule has 2 rings (SSSR count). The lowest BCUT2D eigenvalue weighted by Crippen LogP contribution is -2.07. The summed E-state index contributed by atoms with van der Waals surface area (Å²) in [6.45, 7) is 7.73. The smallest absolute Gasteiger partial charge is 0.148 e. The van der Waals surface area contributed by atoms with Crippen LogP contribution in [0.4, 0.5) is 11.5 Å². The molecule has 0 aromatic carbocycles. The van der Waals surface area contributed by atoms with Gasteiger partial charge in [-0.3, -0.25) is 0 Å². The van der Waals surface area contributed by atoms with E-state index < -0.39 is 0 Å². The number of anilines is 2. The van der Waals surface area contributed by atoms with Crippen LogP contribution in [0, 0.1) is 13.8 Å². The first-order valence-electron chi connectivity index (χ1n) is 5.74. The molecule has 0 atom stereocenters. The Morgan fingerprint density at radius 2 is 2.18 bits per heavy atom. The van der Waals surface area contributed by atoms with Gasteiger partial charge >= 0.3 is 0 Å². The van der Waals surface area contributed by atoms with Crippen LogP contribution >= 0.6 is 11.3 Å². The van der Waals surface area contributed by atoms with Crippen LogP contribution < -0.4 is 11.1 Å². The summed E-state index contributed by atoms with van der Waals surface area (Å²) < 4.78 is 1.91. The van der Waals surface area contributed by atoms with Crippen molar-refractivity contribution in [3.8, 4) is 0 Å². The molecule has 2 heterocycles. The Bertz CT molecular complexity index is 513. The lowest BCUT2D eigenvalue weighted by atomic mass is 10.3. The van der Waals surface area contributed by atoms with E-state index in [1.54, 1.807) is 11.3 Å². The zero-order valence-corrected chi connectivity index (χ0v) is 11.3. The van der Waals surface area contributed by atoms with E-state index in [4.69, 9.17) is 5.73 Å². The van der Waals surface area contributed by atoms with Crippen molar-refractivity contribution in [2.45, 2.75) is 33.9 Å². The van der Waals surface area contributed by atoms with Gasteiger partial charge in [0.1, 0.15) is 5.82 Å². The maximum atomic E-state index is 6.01. The zero-order chi connectivity index (χ0) is 12.4. The Balaban J connectivity index is 2.13. The lowest BCUT2D eigenvalue weighted by molar-refractivity contribution is 0.658. The van der Waals surface area contributed by atoms with Gasteiger partial charge in [0, 0.05) is 16.3 Å². The average Bonchev–Trinajstić information content (AvgIpc) is 2.83. The van der Waals surface area contributed by atoms with E-state index in [-0.39, 0.29) is 0 Å². The van der Waals surface area contributed by atoms with E-state index in [9.17, 15) is 0 Å². The van der Waals surface area contributed by atoms with Crippen molar-refractivity contribution in [2.24, 2.45) is 0 Å². The molecular formula is C12H18N4S. The minimum atomic E-state index is 0.750. The molecule has 3 N–H and O–H groups in total. The van der Waals surface area contributed by atoms with E-state index in [2.05, 4.69) is 36.4 Å². The van der Waals surface area contributed by atoms with Crippen LogP contribution in [0.5, 0.6) is 0 Å². The van der Waals surface area contributed by atoms with Gasteiger partial charge in [0.25, 0.3) is 0 Å². The third kappa shape index (κ3) is 2.44.